The second-order valence-corrected chi connectivity index (χ2v) is 6.39. The summed E-state index contributed by atoms with van der Waals surface area (Å²) in [5.74, 6) is 0.235. The number of hydrogen-bond donors (Lipinski definition) is 2. The van der Waals surface area contributed by atoms with Gasteiger partial charge in [-0.3, -0.25) is 4.79 Å². The Morgan fingerprint density at radius 1 is 1.29 bits per heavy atom. The second kappa shape index (κ2) is 7.08. The molecule has 1 fully saturated rings. The zero-order chi connectivity index (χ0) is 15.3. The zero-order valence-corrected chi connectivity index (χ0v) is 13.5. The van der Waals surface area contributed by atoms with E-state index in [4.69, 9.17) is 0 Å². The maximum Gasteiger partial charge on any atom is 0.226 e. The summed E-state index contributed by atoms with van der Waals surface area (Å²) in [4.78, 5) is 12.8. The van der Waals surface area contributed by atoms with Crippen molar-refractivity contribution in [2.75, 3.05) is 13.1 Å². The topological polar surface area (TPSA) is 41.1 Å². The van der Waals surface area contributed by atoms with Crippen molar-refractivity contribution in [3.63, 3.8) is 0 Å². The summed E-state index contributed by atoms with van der Waals surface area (Å²) in [6.45, 7) is 8.22. The first-order valence-corrected chi connectivity index (χ1v) is 8.16. The van der Waals surface area contributed by atoms with E-state index in [2.05, 4.69) is 55.7 Å². The van der Waals surface area contributed by atoms with Crippen molar-refractivity contribution in [3.8, 4) is 0 Å². The molecule has 3 nitrogen and oxygen atoms in total. The van der Waals surface area contributed by atoms with Gasteiger partial charge in [0.05, 0.1) is 11.5 Å². The molecule has 1 amide bonds. The van der Waals surface area contributed by atoms with E-state index in [0.29, 0.717) is 0 Å². The Kier molecular flexibility index (Phi) is 5.40. The molecule has 0 spiro atoms. The average molecular weight is 288 g/mol. The predicted octanol–water partition coefficient (Wildman–Crippen LogP) is 3.34. The van der Waals surface area contributed by atoms with Gasteiger partial charge in [0.15, 0.2) is 0 Å². The summed E-state index contributed by atoms with van der Waals surface area (Å²) in [6.07, 6.45) is 3.95. The minimum Gasteiger partial charge on any atom is -0.349 e. The Balaban J connectivity index is 2.05. The molecule has 0 aromatic heterocycles. The van der Waals surface area contributed by atoms with Crippen LogP contribution in [0.25, 0.3) is 0 Å². The van der Waals surface area contributed by atoms with Crippen LogP contribution < -0.4 is 10.6 Å². The van der Waals surface area contributed by atoms with Gasteiger partial charge in [-0.2, -0.15) is 0 Å². The van der Waals surface area contributed by atoms with Gasteiger partial charge in [0.2, 0.25) is 5.91 Å². The molecule has 0 radical (unpaired) electrons. The Bertz CT molecular complexity index is 455. The third-order valence-corrected chi connectivity index (χ3v) is 4.70. The van der Waals surface area contributed by atoms with E-state index in [1.807, 2.05) is 0 Å². The molecule has 3 heteroatoms. The number of nitrogens with one attached hydrogen (secondary N) is 2. The van der Waals surface area contributed by atoms with Crippen LogP contribution in [-0.4, -0.2) is 19.0 Å². The van der Waals surface area contributed by atoms with Crippen LogP contribution in [0.2, 0.25) is 0 Å². The van der Waals surface area contributed by atoms with E-state index >= 15 is 0 Å². The summed E-state index contributed by atoms with van der Waals surface area (Å²) < 4.78 is 0. The molecule has 0 bridgehead atoms. The maximum absolute atomic E-state index is 12.8. The van der Waals surface area contributed by atoms with Crippen molar-refractivity contribution in [1.82, 2.24) is 10.6 Å². The van der Waals surface area contributed by atoms with Crippen LogP contribution in [-0.2, 0) is 4.79 Å². The predicted molar refractivity (Wildman–Crippen MR) is 87.2 cm³/mol. The Morgan fingerprint density at radius 2 is 1.90 bits per heavy atom. The highest BCUT2D eigenvalue weighted by molar-refractivity contribution is 5.83. The highest BCUT2D eigenvalue weighted by Gasteiger charge is 2.38. The molecule has 0 saturated carbocycles. The van der Waals surface area contributed by atoms with Crippen LogP contribution in [0.1, 0.15) is 56.7 Å². The molecule has 1 heterocycles. The summed E-state index contributed by atoms with van der Waals surface area (Å²) in [7, 11) is 0. The third-order valence-electron chi connectivity index (χ3n) is 4.70. The molecular formula is C18H28N2O. The van der Waals surface area contributed by atoms with Gasteiger partial charge >= 0.3 is 0 Å². The summed E-state index contributed by atoms with van der Waals surface area (Å²) in [5.41, 5.74) is 2.26. The molecule has 0 aliphatic carbocycles. The molecule has 2 rings (SSSR count). The molecule has 1 atom stereocenters. The van der Waals surface area contributed by atoms with Gasteiger partial charge in [0.25, 0.3) is 0 Å². The summed E-state index contributed by atoms with van der Waals surface area (Å²) in [5, 5.41) is 6.61. The third kappa shape index (κ3) is 3.85. The Labute approximate surface area is 128 Å². The highest BCUT2D eigenvalue weighted by Crippen LogP contribution is 2.35. The fraction of sp³-hybridized carbons (Fsp3) is 0.611. The monoisotopic (exact) mass is 288 g/mol. The molecule has 1 aliphatic heterocycles. The Hall–Kier alpha value is -1.35. The number of carbonyl (C=O) groups excluding carboxylic acids is 1. The fourth-order valence-electron chi connectivity index (χ4n) is 3.26. The first kappa shape index (κ1) is 16.0. The lowest BCUT2D eigenvalue weighted by molar-refractivity contribution is -0.133. The normalized spacial score (nSPS) is 19.0. The molecule has 1 saturated heterocycles. The first-order chi connectivity index (χ1) is 10.1. The van der Waals surface area contributed by atoms with E-state index in [-0.39, 0.29) is 17.4 Å². The van der Waals surface area contributed by atoms with E-state index in [1.54, 1.807) is 0 Å². The molecule has 116 valence electrons. The number of benzene rings is 1. The van der Waals surface area contributed by atoms with Gasteiger partial charge in [-0.1, -0.05) is 43.2 Å². The van der Waals surface area contributed by atoms with Gasteiger partial charge in [-0.05, 0) is 51.8 Å². The van der Waals surface area contributed by atoms with Crippen molar-refractivity contribution >= 4 is 5.91 Å². The minimum absolute atomic E-state index is 0.0710. The van der Waals surface area contributed by atoms with Crippen molar-refractivity contribution in [1.29, 1.82) is 0 Å². The fourth-order valence-corrected chi connectivity index (χ4v) is 3.26. The molecule has 1 aromatic rings. The van der Waals surface area contributed by atoms with Gasteiger partial charge in [0.1, 0.15) is 0 Å². The standard InChI is InChI=1S/C18H28N2O/c1-4-9-18(10-12-19-13-11-18)17(21)20-15(3)16-7-5-14(2)6-8-16/h5-8,15,19H,4,9-13H2,1-3H3,(H,20,21)/t15-/m0/s1. The van der Waals surface area contributed by atoms with E-state index in [9.17, 15) is 4.79 Å². The number of piperidine rings is 1. The molecule has 21 heavy (non-hydrogen) atoms. The molecular weight excluding hydrogens is 260 g/mol. The summed E-state index contributed by atoms with van der Waals surface area (Å²) >= 11 is 0. The van der Waals surface area contributed by atoms with Crippen LogP contribution in [0.3, 0.4) is 0 Å². The number of carbonyl (C=O) groups is 1. The largest absolute Gasteiger partial charge is 0.349 e. The molecule has 1 aromatic carbocycles. The van der Waals surface area contributed by atoms with E-state index in [1.165, 1.54) is 11.1 Å². The lowest BCUT2D eigenvalue weighted by atomic mass is 9.74. The number of aryl methyl sites for hydroxylation is 1. The van der Waals surface area contributed by atoms with Crippen molar-refractivity contribution in [2.24, 2.45) is 5.41 Å². The van der Waals surface area contributed by atoms with Crippen molar-refractivity contribution < 1.29 is 4.79 Å². The minimum atomic E-state index is -0.168. The van der Waals surface area contributed by atoms with Gasteiger partial charge < -0.3 is 10.6 Å². The number of rotatable bonds is 5. The van der Waals surface area contributed by atoms with Crippen LogP contribution >= 0.6 is 0 Å². The quantitative estimate of drug-likeness (QED) is 0.872. The van der Waals surface area contributed by atoms with Crippen molar-refractivity contribution in [2.45, 2.75) is 52.5 Å². The average Bonchev–Trinajstić information content (AvgIpc) is 2.49. The maximum atomic E-state index is 12.8. The van der Waals surface area contributed by atoms with Crippen LogP contribution in [0.4, 0.5) is 0 Å². The smallest absolute Gasteiger partial charge is 0.226 e. The van der Waals surface area contributed by atoms with Gasteiger partial charge in [-0.25, -0.2) is 0 Å². The Morgan fingerprint density at radius 3 is 2.48 bits per heavy atom. The lowest BCUT2D eigenvalue weighted by Gasteiger charge is -2.37. The van der Waals surface area contributed by atoms with Gasteiger partial charge in [0, 0.05) is 0 Å². The summed E-state index contributed by atoms with van der Waals surface area (Å²) in [6, 6.07) is 8.49. The highest BCUT2D eigenvalue weighted by atomic mass is 16.2. The van der Waals surface area contributed by atoms with Crippen LogP contribution in [0, 0.1) is 12.3 Å². The zero-order valence-electron chi connectivity index (χ0n) is 13.5. The van der Waals surface area contributed by atoms with Gasteiger partial charge in [-0.15, -0.1) is 0 Å². The number of hydrogen-bond acceptors (Lipinski definition) is 2. The second-order valence-electron chi connectivity index (χ2n) is 6.39. The van der Waals surface area contributed by atoms with E-state index in [0.717, 1.165) is 38.8 Å². The number of amides is 1. The lowest BCUT2D eigenvalue weighted by Crippen LogP contribution is -2.48. The van der Waals surface area contributed by atoms with Crippen LogP contribution in [0.15, 0.2) is 24.3 Å². The SMILES string of the molecule is CCCC1(C(=O)N[C@@H](C)c2ccc(C)cc2)CCNCC1. The van der Waals surface area contributed by atoms with Crippen molar-refractivity contribution in [3.05, 3.63) is 35.4 Å². The molecule has 0 unspecified atom stereocenters. The molecule has 1 aliphatic rings. The molecule has 2 N–H and O–H groups in total. The van der Waals surface area contributed by atoms with E-state index < -0.39 is 0 Å². The first-order valence-electron chi connectivity index (χ1n) is 8.16. The van der Waals surface area contributed by atoms with Crippen LogP contribution in [0.5, 0.6) is 0 Å².